The number of carbonyl (C=O) groups is 1. The number of amides is 1. The SMILES string of the molecule is NCCCNC(=O)CCCCCCCCCCCCCCCCCCCO. The van der Waals surface area contributed by atoms with Crippen molar-refractivity contribution in [1.29, 1.82) is 0 Å². The highest BCUT2D eigenvalue weighted by Gasteiger charge is 2.00. The number of aliphatic hydroxyl groups excluding tert-OH is 1. The maximum Gasteiger partial charge on any atom is 0.219 e. The second-order valence-electron chi connectivity index (χ2n) is 7.98. The van der Waals surface area contributed by atoms with Gasteiger partial charge in [-0.25, -0.2) is 0 Å². The summed E-state index contributed by atoms with van der Waals surface area (Å²) in [5.41, 5.74) is 5.41. The van der Waals surface area contributed by atoms with E-state index in [0.29, 0.717) is 19.6 Å². The zero-order chi connectivity index (χ0) is 19.8. The Morgan fingerprint density at radius 3 is 1.33 bits per heavy atom. The summed E-state index contributed by atoms with van der Waals surface area (Å²) >= 11 is 0. The van der Waals surface area contributed by atoms with Crippen molar-refractivity contribution in [3.63, 3.8) is 0 Å². The van der Waals surface area contributed by atoms with E-state index in [4.69, 9.17) is 10.8 Å². The van der Waals surface area contributed by atoms with Crippen LogP contribution in [-0.2, 0) is 4.79 Å². The molecule has 0 fully saturated rings. The molecule has 4 N–H and O–H groups in total. The molecule has 4 heteroatoms. The molecule has 0 aromatic rings. The predicted octanol–water partition coefficient (Wildman–Crippen LogP) is 5.47. The number of hydrogen-bond donors (Lipinski definition) is 3. The van der Waals surface area contributed by atoms with Crippen LogP contribution in [-0.4, -0.2) is 30.7 Å². The third-order valence-electron chi connectivity index (χ3n) is 5.27. The molecule has 0 atom stereocenters. The molecule has 162 valence electrons. The Kier molecular flexibility index (Phi) is 22.9. The van der Waals surface area contributed by atoms with Gasteiger partial charge in [0.15, 0.2) is 0 Å². The van der Waals surface area contributed by atoms with Gasteiger partial charge in [-0.3, -0.25) is 4.79 Å². The Morgan fingerprint density at radius 2 is 0.963 bits per heavy atom. The van der Waals surface area contributed by atoms with E-state index < -0.39 is 0 Å². The molecule has 4 nitrogen and oxygen atoms in total. The molecule has 0 aliphatic carbocycles. The Balaban J connectivity index is 3.06. The van der Waals surface area contributed by atoms with Gasteiger partial charge < -0.3 is 16.2 Å². The first kappa shape index (κ1) is 26.4. The molecular weight excluding hydrogens is 336 g/mol. The predicted molar refractivity (Wildman–Crippen MR) is 117 cm³/mol. The second kappa shape index (κ2) is 23.4. The lowest BCUT2D eigenvalue weighted by Crippen LogP contribution is -2.25. The van der Waals surface area contributed by atoms with Crippen LogP contribution in [0.4, 0.5) is 0 Å². The molecule has 0 rings (SSSR count). The van der Waals surface area contributed by atoms with Gasteiger partial charge in [0.05, 0.1) is 0 Å². The van der Waals surface area contributed by atoms with E-state index in [1.807, 2.05) is 0 Å². The van der Waals surface area contributed by atoms with Gasteiger partial charge in [-0.15, -0.1) is 0 Å². The number of carbonyl (C=O) groups excluding carboxylic acids is 1. The van der Waals surface area contributed by atoms with E-state index in [9.17, 15) is 4.79 Å². The average Bonchev–Trinajstić information content (AvgIpc) is 2.67. The lowest BCUT2D eigenvalue weighted by molar-refractivity contribution is -0.121. The van der Waals surface area contributed by atoms with Crippen LogP contribution >= 0.6 is 0 Å². The van der Waals surface area contributed by atoms with Crippen molar-refractivity contribution in [1.82, 2.24) is 5.32 Å². The summed E-state index contributed by atoms with van der Waals surface area (Å²) in [5.74, 6) is 0.185. The van der Waals surface area contributed by atoms with Crippen molar-refractivity contribution < 1.29 is 9.90 Å². The van der Waals surface area contributed by atoms with Crippen LogP contribution < -0.4 is 11.1 Å². The molecule has 0 saturated carbocycles. The normalized spacial score (nSPS) is 11.0. The van der Waals surface area contributed by atoms with Crippen LogP contribution in [0.15, 0.2) is 0 Å². The monoisotopic (exact) mass is 384 g/mol. The number of unbranched alkanes of at least 4 members (excludes halogenated alkanes) is 16. The minimum Gasteiger partial charge on any atom is -0.396 e. The zero-order valence-corrected chi connectivity index (χ0v) is 18.0. The van der Waals surface area contributed by atoms with Crippen molar-refractivity contribution in [2.75, 3.05) is 19.7 Å². The van der Waals surface area contributed by atoms with E-state index in [1.54, 1.807) is 0 Å². The first-order valence-electron chi connectivity index (χ1n) is 11.9. The molecule has 27 heavy (non-hydrogen) atoms. The summed E-state index contributed by atoms with van der Waals surface area (Å²) in [5, 5.41) is 11.6. The van der Waals surface area contributed by atoms with Crippen LogP contribution in [0, 0.1) is 0 Å². The van der Waals surface area contributed by atoms with E-state index >= 15 is 0 Å². The Bertz CT molecular complexity index is 298. The molecule has 0 radical (unpaired) electrons. The fourth-order valence-corrected chi connectivity index (χ4v) is 3.47. The molecule has 0 spiro atoms. The highest BCUT2D eigenvalue weighted by atomic mass is 16.2. The first-order chi connectivity index (χ1) is 13.3. The Morgan fingerprint density at radius 1 is 0.593 bits per heavy atom. The molecule has 1 amide bonds. The average molecular weight is 385 g/mol. The van der Waals surface area contributed by atoms with Crippen LogP contribution in [0.5, 0.6) is 0 Å². The molecule has 0 unspecified atom stereocenters. The topological polar surface area (TPSA) is 75.3 Å². The van der Waals surface area contributed by atoms with Crippen LogP contribution in [0.2, 0.25) is 0 Å². The lowest BCUT2D eigenvalue weighted by atomic mass is 10.0. The van der Waals surface area contributed by atoms with Gasteiger partial charge in [-0.2, -0.15) is 0 Å². The van der Waals surface area contributed by atoms with Crippen molar-refractivity contribution in [3.05, 3.63) is 0 Å². The highest BCUT2D eigenvalue weighted by Crippen LogP contribution is 2.14. The van der Waals surface area contributed by atoms with Crippen molar-refractivity contribution in [2.45, 2.75) is 122 Å². The molecule has 0 saturated heterocycles. The molecule has 0 aromatic heterocycles. The lowest BCUT2D eigenvalue weighted by Gasteiger charge is -2.05. The van der Waals surface area contributed by atoms with Gasteiger partial charge in [-0.05, 0) is 25.8 Å². The molecule has 0 aliphatic heterocycles. The highest BCUT2D eigenvalue weighted by molar-refractivity contribution is 5.75. The number of nitrogens with two attached hydrogens (primary N) is 1. The summed E-state index contributed by atoms with van der Waals surface area (Å²) < 4.78 is 0. The minimum atomic E-state index is 0.185. The molecule has 0 bridgehead atoms. The third-order valence-corrected chi connectivity index (χ3v) is 5.27. The Hall–Kier alpha value is -0.610. The van der Waals surface area contributed by atoms with Gasteiger partial charge in [0.2, 0.25) is 5.91 Å². The van der Waals surface area contributed by atoms with E-state index in [2.05, 4.69) is 5.32 Å². The largest absolute Gasteiger partial charge is 0.396 e. The fraction of sp³-hybridized carbons (Fsp3) is 0.957. The maximum atomic E-state index is 11.5. The summed E-state index contributed by atoms with van der Waals surface area (Å²) in [4.78, 5) is 11.5. The standard InChI is InChI=1S/C23H48N2O2/c24-20-18-21-25-23(27)19-16-14-12-10-8-6-4-2-1-3-5-7-9-11-13-15-17-22-26/h26H,1-22,24H2,(H,25,27). The number of aliphatic hydroxyl groups is 1. The van der Waals surface area contributed by atoms with E-state index in [1.165, 1.54) is 96.3 Å². The van der Waals surface area contributed by atoms with Crippen molar-refractivity contribution in [3.8, 4) is 0 Å². The van der Waals surface area contributed by atoms with Gasteiger partial charge in [-0.1, -0.05) is 96.3 Å². The van der Waals surface area contributed by atoms with Gasteiger partial charge in [0.1, 0.15) is 0 Å². The summed E-state index contributed by atoms with van der Waals surface area (Å²) in [7, 11) is 0. The second-order valence-corrected chi connectivity index (χ2v) is 7.98. The molecule has 0 aliphatic rings. The molecular formula is C23H48N2O2. The summed E-state index contributed by atoms with van der Waals surface area (Å²) in [6, 6.07) is 0. The minimum absolute atomic E-state index is 0.185. The van der Waals surface area contributed by atoms with Crippen molar-refractivity contribution >= 4 is 5.91 Å². The van der Waals surface area contributed by atoms with Crippen LogP contribution in [0.3, 0.4) is 0 Å². The first-order valence-corrected chi connectivity index (χ1v) is 11.9. The number of nitrogens with one attached hydrogen (secondary N) is 1. The summed E-state index contributed by atoms with van der Waals surface area (Å²) in [6.45, 7) is 1.72. The Labute approximate surface area is 169 Å². The fourth-order valence-electron chi connectivity index (χ4n) is 3.47. The van der Waals surface area contributed by atoms with Gasteiger partial charge in [0, 0.05) is 19.6 Å². The van der Waals surface area contributed by atoms with Crippen molar-refractivity contribution in [2.24, 2.45) is 5.73 Å². The third kappa shape index (κ3) is 23.4. The maximum absolute atomic E-state index is 11.5. The zero-order valence-electron chi connectivity index (χ0n) is 18.0. The van der Waals surface area contributed by atoms with Gasteiger partial charge >= 0.3 is 0 Å². The van der Waals surface area contributed by atoms with Crippen LogP contribution in [0.25, 0.3) is 0 Å². The van der Waals surface area contributed by atoms with E-state index in [-0.39, 0.29) is 5.91 Å². The van der Waals surface area contributed by atoms with Gasteiger partial charge in [0.25, 0.3) is 0 Å². The summed E-state index contributed by atoms with van der Waals surface area (Å²) in [6.07, 6.45) is 23.7. The number of rotatable bonds is 22. The van der Waals surface area contributed by atoms with E-state index in [0.717, 1.165) is 25.8 Å². The molecule has 0 aromatic carbocycles. The quantitative estimate of drug-likeness (QED) is 0.217. The number of hydrogen-bond acceptors (Lipinski definition) is 3. The molecule has 0 heterocycles. The smallest absolute Gasteiger partial charge is 0.219 e. The van der Waals surface area contributed by atoms with Crippen LogP contribution in [0.1, 0.15) is 122 Å².